The highest BCUT2D eigenvalue weighted by molar-refractivity contribution is 5.32. The molecule has 0 fully saturated rings. The molecule has 3 heteroatoms. The normalized spacial score (nSPS) is 17.2. The van der Waals surface area contributed by atoms with Gasteiger partial charge in [0.25, 0.3) is 0 Å². The molecular formula is C18H29N3. The summed E-state index contributed by atoms with van der Waals surface area (Å²) in [5, 5.41) is 12.4. The molecule has 0 amide bonds. The van der Waals surface area contributed by atoms with E-state index >= 15 is 0 Å². The number of rotatable bonds is 6. The number of aromatic nitrogens is 2. The molecule has 21 heavy (non-hydrogen) atoms. The first-order valence-electron chi connectivity index (χ1n) is 8.51. The van der Waals surface area contributed by atoms with E-state index in [4.69, 9.17) is 0 Å². The molecule has 0 bridgehead atoms. The van der Waals surface area contributed by atoms with Crippen LogP contribution in [0.5, 0.6) is 0 Å². The Kier molecular flexibility index (Phi) is 6.37. The lowest BCUT2D eigenvalue weighted by Crippen LogP contribution is -2.26. The predicted molar refractivity (Wildman–Crippen MR) is 88.3 cm³/mol. The maximum atomic E-state index is 4.43. The van der Waals surface area contributed by atoms with Crippen molar-refractivity contribution in [2.75, 3.05) is 6.54 Å². The van der Waals surface area contributed by atoms with Crippen LogP contribution in [0.3, 0.4) is 0 Å². The summed E-state index contributed by atoms with van der Waals surface area (Å²) in [5.74, 6) is 0. The highest BCUT2D eigenvalue weighted by Gasteiger charge is 2.20. The number of aryl methyl sites for hydroxylation is 2. The van der Waals surface area contributed by atoms with Gasteiger partial charge in [-0.15, -0.1) is 0 Å². The molecule has 0 spiro atoms. The van der Waals surface area contributed by atoms with Crippen LogP contribution in [-0.2, 0) is 6.42 Å². The van der Waals surface area contributed by atoms with Crippen molar-refractivity contribution in [1.29, 1.82) is 0 Å². The fourth-order valence-corrected chi connectivity index (χ4v) is 3.09. The molecule has 1 unspecified atom stereocenters. The number of hydrogen-bond acceptors (Lipinski definition) is 3. The lowest BCUT2D eigenvalue weighted by Gasteiger charge is -2.24. The maximum absolute atomic E-state index is 4.43. The van der Waals surface area contributed by atoms with E-state index in [1.54, 1.807) is 5.57 Å². The molecule has 1 aliphatic rings. The number of nitrogens with zero attached hydrogens (tertiary/aromatic N) is 2. The topological polar surface area (TPSA) is 37.8 Å². The molecule has 2 rings (SSSR count). The maximum Gasteiger partial charge on any atom is 0.0679 e. The molecule has 0 aliphatic heterocycles. The largest absolute Gasteiger partial charge is 0.306 e. The SMILES string of the molecule is CCCNC(C1=CCCCCC1)c1cc(C)nnc1CC. The van der Waals surface area contributed by atoms with Gasteiger partial charge in [-0.2, -0.15) is 10.2 Å². The minimum Gasteiger partial charge on any atom is -0.306 e. The molecule has 116 valence electrons. The van der Waals surface area contributed by atoms with Crippen molar-refractivity contribution in [3.63, 3.8) is 0 Å². The van der Waals surface area contributed by atoms with E-state index in [0.717, 1.165) is 30.8 Å². The molecule has 0 aromatic carbocycles. The van der Waals surface area contributed by atoms with E-state index in [0.29, 0.717) is 6.04 Å². The second kappa shape index (κ2) is 8.28. The van der Waals surface area contributed by atoms with Crippen LogP contribution in [0.2, 0.25) is 0 Å². The zero-order chi connectivity index (χ0) is 15.1. The van der Waals surface area contributed by atoms with Gasteiger partial charge in [-0.25, -0.2) is 0 Å². The summed E-state index contributed by atoms with van der Waals surface area (Å²) >= 11 is 0. The monoisotopic (exact) mass is 287 g/mol. The lowest BCUT2D eigenvalue weighted by molar-refractivity contribution is 0.558. The lowest BCUT2D eigenvalue weighted by atomic mass is 9.93. The van der Waals surface area contributed by atoms with Crippen LogP contribution in [0.1, 0.15) is 75.4 Å². The fourth-order valence-electron chi connectivity index (χ4n) is 3.09. The van der Waals surface area contributed by atoms with Crippen LogP contribution in [0, 0.1) is 6.92 Å². The summed E-state index contributed by atoms with van der Waals surface area (Å²) in [6.45, 7) is 7.48. The zero-order valence-corrected chi connectivity index (χ0v) is 13.8. The van der Waals surface area contributed by atoms with Gasteiger partial charge in [0, 0.05) is 0 Å². The highest BCUT2D eigenvalue weighted by Crippen LogP contribution is 2.31. The van der Waals surface area contributed by atoms with Gasteiger partial charge in [0.1, 0.15) is 0 Å². The molecule has 1 aliphatic carbocycles. The Hall–Kier alpha value is -1.22. The molecular weight excluding hydrogens is 258 g/mol. The second-order valence-electron chi connectivity index (χ2n) is 6.01. The first-order chi connectivity index (χ1) is 10.3. The standard InChI is InChI=1S/C18H29N3/c1-4-12-19-18(15-10-8-6-7-9-11-15)16-13-14(3)20-21-17(16)5-2/h10,13,18-19H,4-9,11-12H2,1-3H3. The molecule has 3 nitrogen and oxygen atoms in total. The van der Waals surface area contributed by atoms with Crippen LogP contribution in [0.4, 0.5) is 0 Å². The van der Waals surface area contributed by atoms with Crippen molar-refractivity contribution < 1.29 is 0 Å². The van der Waals surface area contributed by atoms with Crippen molar-refractivity contribution >= 4 is 0 Å². The summed E-state index contributed by atoms with van der Waals surface area (Å²) in [6.07, 6.45) is 11.0. The van der Waals surface area contributed by atoms with E-state index in [2.05, 4.69) is 41.5 Å². The molecule has 0 saturated heterocycles. The van der Waals surface area contributed by atoms with Crippen molar-refractivity contribution in [1.82, 2.24) is 15.5 Å². The summed E-state index contributed by atoms with van der Waals surface area (Å²) in [4.78, 5) is 0. The predicted octanol–water partition coefficient (Wildman–Crippen LogP) is 4.28. The molecule has 1 aromatic heterocycles. The van der Waals surface area contributed by atoms with E-state index < -0.39 is 0 Å². The summed E-state index contributed by atoms with van der Waals surface area (Å²) in [5.41, 5.74) is 5.05. The van der Waals surface area contributed by atoms with Crippen LogP contribution in [0.25, 0.3) is 0 Å². The smallest absolute Gasteiger partial charge is 0.0679 e. The minimum absolute atomic E-state index is 0.326. The Labute approximate surface area is 129 Å². The molecule has 0 radical (unpaired) electrons. The Balaban J connectivity index is 2.34. The van der Waals surface area contributed by atoms with Gasteiger partial charge >= 0.3 is 0 Å². The third-order valence-corrected chi connectivity index (χ3v) is 4.22. The van der Waals surface area contributed by atoms with Gasteiger partial charge in [-0.05, 0) is 63.6 Å². The summed E-state index contributed by atoms with van der Waals surface area (Å²) < 4.78 is 0. The number of nitrogens with one attached hydrogen (secondary N) is 1. The van der Waals surface area contributed by atoms with E-state index in [-0.39, 0.29) is 0 Å². The minimum atomic E-state index is 0.326. The van der Waals surface area contributed by atoms with Crippen molar-refractivity contribution in [3.8, 4) is 0 Å². The van der Waals surface area contributed by atoms with Crippen molar-refractivity contribution in [2.45, 2.75) is 71.8 Å². The van der Waals surface area contributed by atoms with Crippen molar-refractivity contribution in [3.05, 3.63) is 34.7 Å². The van der Waals surface area contributed by atoms with Gasteiger partial charge in [-0.3, -0.25) is 0 Å². The van der Waals surface area contributed by atoms with Gasteiger partial charge in [0.15, 0.2) is 0 Å². The average molecular weight is 287 g/mol. The van der Waals surface area contributed by atoms with E-state index in [1.807, 2.05) is 6.92 Å². The van der Waals surface area contributed by atoms with E-state index in [9.17, 15) is 0 Å². The van der Waals surface area contributed by atoms with Crippen LogP contribution >= 0.6 is 0 Å². The first kappa shape index (κ1) is 16.2. The van der Waals surface area contributed by atoms with Gasteiger partial charge in [-0.1, -0.05) is 31.9 Å². The zero-order valence-electron chi connectivity index (χ0n) is 13.8. The molecule has 1 heterocycles. The van der Waals surface area contributed by atoms with Crippen LogP contribution in [-0.4, -0.2) is 16.7 Å². The van der Waals surface area contributed by atoms with Gasteiger partial charge in [0.2, 0.25) is 0 Å². The fraction of sp³-hybridized carbons (Fsp3) is 0.667. The Morgan fingerprint density at radius 2 is 2.05 bits per heavy atom. The van der Waals surface area contributed by atoms with Gasteiger partial charge in [0.05, 0.1) is 17.4 Å². The molecule has 0 saturated carbocycles. The third kappa shape index (κ3) is 4.37. The van der Waals surface area contributed by atoms with Gasteiger partial charge < -0.3 is 5.32 Å². The summed E-state index contributed by atoms with van der Waals surface area (Å²) in [6, 6.07) is 2.55. The van der Waals surface area contributed by atoms with E-state index in [1.165, 1.54) is 37.7 Å². The number of allylic oxidation sites excluding steroid dienone is 1. The first-order valence-corrected chi connectivity index (χ1v) is 8.51. The third-order valence-electron chi connectivity index (χ3n) is 4.22. The van der Waals surface area contributed by atoms with Crippen molar-refractivity contribution in [2.24, 2.45) is 0 Å². The Morgan fingerprint density at radius 1 is 1.19 bits per heavy atom. The molecule has 1 N–H and O–H groups in total. The quantitative estimate of drug-likeness (QED) is 0.794. The van der Waals surface area contributed by atoms with Crippen LogP contribution < -0.4 is 5.32 Å². The number of hydrogen-bond donors (Lipinski definition) is 1. The second-order valence-corrected chi connectivity index (χ2v) is 6.01. The molecule has 1 aromatic rings. The Morgan fingerprint density at radius 3 is 2.81 bits per heavy atom. The summed E-state index contributed by atoms with van der Waals surface area (Å²) in [7, 11) is 0. The Bertz CT molecular complexity index is 479. The highest BCUT2D eigenvalue weighted by atomic mass is 15.1. The van der Waals surface area contributed by atoms with Crippen LogP contribution in [0.15, 0.2) is 17.7 Å². The molecule has 1 atom stereocenters. The average Bonchev–Trinajstić information content (AvgIpc) is 2.77.